The highest BCUT2D eigenvalue weighted by Crippen LogP contribution is 2.43. The van der Waals surface area contributed by atoms with Crippen molar-refractivity contribution in [2.24, 2.45) is 15.3 Å². The number of likely N-dealkylation sites (N-methyl/N-ethyl adjacent to an activating group) is 1. The van der Waals surface area contributed by atoms with Gasteiger partial charge in [0.2, 0.25) is 5.88 Å². The number of fused-ring (bicyclic) bond motifs is 2. The van der Waals surface area contributed by atoms with E-state index in [1.54, 1.807) is 24.3 Å². The van der Waals surface area contributed by atoms with Gasteiger partial charge >= 0.3 is 0 Å². The zero-order valence-corrected chi connectivity index (χ0v) is 20.0. The molecule has 3 aliphatic heterocycles. The van der Waals surface area contributed by atoms with Crippen molar-refractivity contribution in [2.75, 3.05) is 14.2 Å². The third kappa shape index (κ3) is 3.27. The lowest BCUT2D eigenvalue weighted by molar-refractivity contribution is -0.928. The quantitative estimate of drug-likeness (QED) is 0.673. The maximum Gasteiger partial charge on any atom is 0.222 e. The number of quaternary nitrogens is 1. The Morgan fingerprint density at radius 2 is 1.94 bits per heavy atom. The van der Waals surface area contributed by atoms with Gasteiger partial charge in [-0.1, -0.05) is 23.7 Å². The van der Waals surface area contributed by atoms with Crippen molar-refractivity contribution in [2.45, 2.75) is 19.0 Å². The Kier molecular flexibility index (Phi) is 4.98. The highest BCUT2D eigenvalue weighted by Gasteiger charge is 2.43. The number of nitrogens with one attached hydrogen (secondary N) is 2. The monoisotopic (exact) mass is 487 g/mol. The van der Waals surface area contributed by atoms with Gasteiger partial charge in [-0.05, 0) is 54.3 Å². The average molecular weight is 488 g/mol. The molecular formula is C25H22ClN7O2. The summed E-state index contributed by atoms with van der Waals surface area (Å²) >= 11 is 6.17. The van der Waals surface area contributed by atoms with Gasteiger partial charge in [-0.15, -0.1) is 10.2 Å². The first-order valence-corrected chi connectivity index (χ1v) is 11.5. The number of hydrogen-bond donors (Lipinski definition) is 2. The molecule has 0 bridgehead atoms. The van der Waals surface area contributed by atoms with Crippen LogP contribution in [0.2, 0.25) is 5.02 Å². The summed E-state index contributed by atoms with van der Waals surface area (Å²) in [6.45, 7) is 2.01. The second kappa shape index (κ2) is 8.07. The lowest BCUT2D eigenvalue weighted by Crippen LogP contribution is -3.17. The molecule has 1 aromatic carbocycles. The van der Waals surface area contributed by atoms with Gasteiger partial charge in [0.15, 0.2) is 6.04 Å². The number of benzene rings is 1. The number of rotatable bonds is 4. The van der Waals surface area contributed by atoms with Gasteiger partial charge in [-0.3, -0.25) is 0 Å². The van der Waals surface area contributed by atoms with E-state index in [1.807, 2.05) is 50.4 Å². The molecule has 0 saturated carbocycles. The van der Waals surface area contributed by atoms with Gasteiger partial charge in [0.1, 0.15) is 23.2 Å². The average Bonchev–Trinajstić information content (AvgIpc) is 3.54. The van der Waals surface area contributed by atoms with Crippen molar-refractivity contribution < 1.29 is 14.9 Å². The largest absolute Gasteiger partial charge is 0.859 e. The van der Waals surface area contributed by atoms with Crippen molar-refractivity contribution in [3.8, 4) is 5.88 Å². The summed E-state index contributed by atoms with van der Waals surface area (Å²) in [5.74, 6) is 0.213. The summed E-state index contributed by atoms with van der Waals surface area (Å²) in [7, 11) is 3.55. The van der Waals surface area contributed by atoms with Gasteiger partial charge in [-0.2, -0.15) is 10.6 Å². The van der Waals surface area contributed by atoms with Crippen LogP contribution in [0.4, 0.5) is 0 Å². The second-order valence-corrected chi connectivity index (χ2v) is 9.12. The van der Waals surface area contributed by atoms with Crippen molar-refractivity contribution >= 4 is 28.7 Å². The Bertz CT molecular complexity index is 1420. The van der Waals surface area contributed by atoms with Gasteiger partial charge in [0.05, 0.1) is 19.7 Å². The summed E-state index contributed by atoms with van der Waals surface area (Å²) in [6, 6.07) is 10.6. The van der Waals surface area contributed by atoms with E-state index >= 15 is 0 Å². The van der Waals surface area contributed by atoms with Gasteiger partial charge in [0.25, 0.3) is 0 Å². The third-order valence-corrected chi connectivity index (χ3v) is 6.86. The molecule has 1 aliphatic carbocycles. The predicted octanol–water partition coefficient (Wildman–Crippen LogP) is 1.13. The number of aromatic nitrogens is 1. The van der Waals surface area contributed by atoms with E-state index in [-0.39, 0.29) is 11.9 Å². The summed E-state index contributed by atoms with van der Waals surface area (Å²) in [6.07, 6.45) is 5.71. The Hall–Kier alpha value is -3.95. The zero-order valence-electron chi connectivity index (χ0n) is 19.3. The van der Waals surface area contributed by atoms with Crippen molar-refractivity contribution in [3.63, 3.8) is 0 Å². The smallest absolute Gasteiger partial charge is 0.222 e. The summed E-state index contributed by atoms with van der Waals surface area (Å²) in [5, 5.41) is 29.1. The van der Waals surface area contributed by atoms with E-state index in [9.17, 15) is 5.11 Å². The van der Waals surface area contributed by atoms with Crippen LogP contribution in [0.1, 0.15) is 24.1 Å². The molecule has 2 N–H and O–H groups in total. The number of allylic oxidation sites excluding steroid dienone is 1. The molecule has 35 heavy (non-hydrogen) atoms. The second-order valence-electron chi connectivity index (χ2n) is 8.69. The Labute approximate surface area is 207 Å². The molecule has 0 spiro atoms. The van der Waals surface area contributed by atoms with Crippen molar-refractivity contribution in [1.29, 1.82) is 0 Å². The lowest BCUT2D eigenvalue weighted by atomic mass is 9.94. The Balaban J connectivity index is 1.51. The number of ether oxygens (including phenoxy) is 1. The molecule has 9 nitrogen and oxygen atoms in total. The van der Waals surface area contributed by atoms with Gasteiger partial charge in [-0.25, -0.2) is 9.99 Å². The van der Waals surface area contributed by atoms with Crippen LogP contribution in [0.5, 0.6) is 5.88 Å². The standard InChI is InChI=1S/C25H22ClN7O2/c1-13-11-16(12-18-20(13)30-31-32(18)2)33-23(14-6-8-15(26)9-7-14)22-19(25(33)34)21(28-29-22)17-5-4-10-27-24(17)35-3/h4-12,18,23,31,34H,1-3H3. The molecule has 1 aromatic heterocycles. The zero-order chi connectivity index (χ0) is 24.3. The Morgan fingerprint density at radius 3 is 2.71 bits per heavy atom. The molecule has 4 heterocycles. The third-order valence-electron chi connectivity index (χ3n) is 6.60. The van der Waals surface area contributed by atoms with Crippen LogP contribution in [0.15, 0.2) is 92.8 Å². The van der Waals surface area contributed by atoms with Crippen molar-refractivity contribution in [1.82, 2.24) is 15.4 Å². The highest BCUT2D eigenvalue weighted by atomic mass is 35.5. The fourth-order valence-corrected chi connectivity index (χ4v) is 5.05. The number of pyridine rings is 1. The number of nitrogens with zero attached hydrogens (tertiary/aromatic N) is 5. The molecule has 176 valence electrons. The molecule has 0 fully saturated rings. The molecule has 4 aliphatic rings. The first-order valence-electron chi connectivity index (χ1n) is 11.2. The number of halogens is 1. The van der Waals surface area contributed by atoms with Crippen LogP contribution in [0.25, 0.3) is 0 Å². The van der Waals surface area contributed by atoms with Crippen molar-refractivity contribution in [3.05, 3.63) is 93.6 Å². The van der Waals surface area contributed by atoms with E-state index in [2.05, 4.69) is 31.9 Å². The van der Waals surface area contributed by atoms with Crippen LogP contribution < -0.4 is 20.4 Å². The van der Waals surface area contributed by atoms with E-state index in [0.29, 0.717) is 33.5 Å². The molecular weight excluding hydrogens is 466 g/mol. The number of hydrazone groups is 1. The maximum atomic E-state index is 14.1. The van der Waals surface area contributed by atoms with Crippen LogP contribution >= 0.6 is 11.6 Å². The lowest BCUT2D eigenvalue weighted by Gasteiger charge is -2.35. The summed E-state index contributed by atoms with van der Waals surface area (Å²) in [4.78, 5) is 6.07. The number of methoxy groups -OCH3 is 1. The fourth-order valence-electron chi connectivity index (χ4n) is 4.92. The van der Waals surface area contributed by atoms with E-state index in [1.165, 1.54) is 0 Å². The highest BCUT2D eigenvalue weighted by molar-refractivity contribution is 6.35. The molecule has 10 heteroatoms. The fraction of sp³-hybridized carbons (Fsp3) is 0.200. The molecule has 0 radical (unpaired) electrons. The molecule has 3 atom stereocenters. The Morgan fingerprint density at radius 1 is 1.14 bits per heavy atom. The summed E-state index contributed by atoms with van der Waals surface area (Å²) in [5.41, 5.74) is 8.86. The van der Waals surface area contributed by atoms with Gasteiger partial charge < -0.3 is 14.7 Å². The van der Waals surface area contributed by atoms with E-state index in [0.717, 1.165) is 27.6 Å². The first-order chi connectivity index (χ1) is 17.0. The van der Waals surface area contributed by atoms with E-state index < -0.39 is 6.04 Å². The van der Waals surface area contributed by atoms with Crippen LogP contribution in [0.3, 0.4) is 0 Å². The normalized spacial score (nSPS) is 24.7. The molecule has 3 unspecified atom stereocenters. The number of hydrogen-bond acceptors (Lipinski definition) is 8. The topological polar surface area (TPSA) is 102 Å². The van der Waals surface area contributed by atoms with Crippen LogP contribution in [0, 0.1) is 0 Å². The predicted molar refractivity (Wildman–Crippen MR) is 131 cm³/mol. The van der Waals surface area contributed by atoms with E-state index in [4.69, 9.17) is 16.3 Å². The molecule has 0 saturated heterocycles. The van der Waals surface area contributed by atoms with Gasteiger partial charge in [0, 0.05) is 28.6 Å². The minimum atomic E-state index is -0.456. The maximum absolute atomic E-state index is 14.1. The first kappa shape index (κ1) is 21.6. The molecule has 0 amide bonds. The molecule has 2 aromatic rings. The summed E-state index contributed by atoms with van der Waals surface area (Å²) < 4.78 is 5.44. The SMILES string of the molecule is COc1ncccc1C1=NN=C2C1=C([O-])N(C1=CC3C(=NN[NH+]3C)C(C)=C1)C2c1ccc(Cl)cc1. The minimum absolute atomic E-state index is 0.00685. The van der Waals surface area contributed by atoms with Crippen LogP contribution in [-0.2, 0) is 0 Å². The van der Waals surface area contributed by atoms with Crippen LogP contribution in [-0.4, -0.2) is 47.2 Å². The molecule has 6 rings (SSSR count). The minimum Gasteiger partial charge on any atom is -0.859 e.